The molecule has 1 aromatic heterocycles. The van der Waals surface area contributed by atoms with Gasteiger partial charge in [0.1, 0.15) is 6.07 Å². The monoisotopic (exact) mass is 265 g/mol. The van der Waals surface area contributed by atoms with Crippen molar-refractivity contribution in [1.29, 1.82) is 5.26 Å². The number of pyridine rings is 1. The van der Waals surface area contributed by atoms with Gasteiger partial charge in [0.15, 0.2) is 0 Å². The number of hydrogen-bond donors (Lipinski definition) is 0. The Labute approximate surface area is 119 Å². The van der Waals surface area contributed by atoms with Gasteiger partial charge in [0.2, 0.25) is 0 Å². The second-order valence-electron chi connectivity index (χ2n) is 5.40. The maximum atomic E-state index is 9.45. The Morgan fingerprint density at radius 2 is 2.20 bits per heavy atom. The van der Waals surface area contributed by atoms with Crippen LogP contribution in [0.15, 0.2) is 30.5 Å². The molecule has 3 heteroatoms. The summed E-state index contributed by atoms with van der Waals surface area (Å²) in [5.74, 6) is 0. The van der Waals surface area contributed by atoms with Crippen molar-refractivity contribution in [3.05, 3.63) is 36.0 Å². The molecule has 1 unspecified atom stereocenters. The average molecular weight is 265 g/mol. The minimum absolute atomic E-state index is 0.543. The van der Waals surface area contributed by atoms with Crippen LogP contribution < -0.4 is 4.90 Å². The third-order valence-electron chi connectivity index (χ3n) is 4.25. The van der Waals surface area contributed by atoms with E-state index in [-0.39, 0.29) is 0 Å². The van der Waals surface area contributed by atoms with Gasteiger partial charge in [-0.2, -0.15) is 5.26 Å². The number of hydrogen-bond acceptors (Lipinski definition) is 3. The van der Waals surface area contributed by atoms with Gasteiger partial charge in [-0.15, -0.1) is 0 Å². The van der Waals surface area contributed by atoms with Gasteiger partial charge in [0.05, 0.1) is 16.8 Å². The molecule has 1 aliphatic heterocycles. The van der Waals surface area contributed by atoms with Crippen LogP contribution in [0.25, 0.3) is 10.9 Å². The van der Waals surface area contributed by atoms with Crippen molar-refractivity contribution in [2.24, 2.45) is 0 Å². The van der Waals surface area contributed by atoms with E-state index in [2.05, 4.69) is 28.9 Å². The number of anilines is 1. The fourth-order valence-corrected chi connectivity index (χ4v) is 3.24. The highest BCUT2D eigenvalue weighted by atomic mass is 15.2. The van der Waals surface area contributed by atoms with Crippen LogP contribution in [-0.2, 0) is 0 Å². The lowest BCUT2D eigenvalue weighted by molar-refractivity contribution is 0.450. The van der Waals surface area contributed by atoms with Crippen molar-refractivity contribution in [1.82, 2.24) is 4.98 Å². The average Bonchev–Trinajstić information content (AvgIpc) is 2.53. The maximum absolute atomic E-state index is 9.45. The molecule has 1 aromatic carbocycles. The minimum atomic E-state index is 0.543. The highest BCUT2D eigenvalue weighted by Gasteiger charge is 2.25. The highest BCUT2D eigenvalue weighted by molar-refractivity contribution is 5.94. The fourth-order valence-electron chi connectivity index (χ4n) is 3.24. The number of aromatic nitrogens is 1. The molecule has 0 aliphatic carbocycles. The summed E-state index contributed by atoms with van der Waals surface area (Å²) in [4.78, 5) is 6.85. The van der Waals surface area contributed by atoms with Crippen molar-refractivity contribution in [2.45, 2.75) is 38.6 Å². The maximum Gasteiger partial charge on any atom is 0.103 e. The Bertz CT molecular complexity index is 657. The molecule has 0 radical (unpaired) electrons. The van der Waals surface area contributed by atoms with E-state index in [1.807, 2.05) is 18.2 Å². The first-order valence-electron chi connectivity index (χ1n) is 7.39. The smallest absolute Gasteiger partial charge is 0.103 e. The zero-order valence-electron chi connectivity index (χ0n) is 11.8. The standard InChI is InChI=1S/C17H19N3/c1-2-14-7-5-6-10-20(14)17-13(11-18)12-19-16-9-4-3-8-15(16)17/h3-4,8-9,12,14H,2,5-7,10H2,1H3. The van der Waals surface area contributed by atoms with Crippen molar-refractivity contribution in [3.8, 4) is 6.07 Å². The fraction of sp³-hybridized carbons (Fsp3) is 0.412. The molecule has 2 aromatic rings. The molecular weight excluding hydrogens is 246 g/mol. The van der Waals surface area contributed by atoms with E-state index in [4.69, 9.17) is 0 Å². The molecule has 1 fully saturated rings. The Morgan fingerprint density at radius 3 is 3.00 bits per heavy atom. The lowest BCUT2D eigenvalue weighted by atomic mass is 9.97. The Hall–Kier alpha value is -2.08. The van der Waals surface area contributed by atoms with Gasteiger partial charge in [-0.05, 0) is 31.7 Å². The van der Waals surface area contributed by atoms with Gasteiger partial charge < -0.3 is 4.90 Å². The van der Waals surface area contributed by atoms with E-state index in [9.17, 15) is 5.26 Å². The summed E-state index contributed by atoms with van der Waals surface area (Å²) in [6.45, 7) is 3.28. The molecule has 20 heavy (non-hydrogen) atoms. The lowest BCUT2D eigenvalue weighted by Crippen LogP contribution is -2.39. The number of para-hydroxylation sites is 1. The molecule has 0 N–H and O–H groups in total. The summed E-state index contributed by atoms with van der Waals surface area (Å²) < 4.78 is 0. The van der Waals surface area contributed by atoms with Crippen LogP contribution >= 0.6 is 0 Å². The van der Waals surface area contributed by atoms with Crippen molar-refractivity contribution < 1.29 is 0 Å². The Kier molecular flexibility index (Phi) is 3.56. The van der Waals surface area contributed by atoms with E-state index in [1.54, 1.807) is 6.20 Å². The van der Waals surface area contributed by atoms with E-state index in [0.717, 1.165) is 29.6 Å². The SMILES string of the molecule is CCC1CCCCN1c1c(C#N)cnc2ccccc12. The molecule has 0 spiro atoms. The van der Waals surface area contributed by atoms with E-state index >= 15 is 0 Å². The summed E-state index contributed by atoms with van der Waals surface area (Å²) >= 11 is 0. The summed E-state index contributed by atoms with van der Waals surface area (Å²) in [6.07, 6.45) is 6.57. The zero-order valence-corrected chi connectivity index (χ0v) is 11.8. The van der Waals surface area contributed by atoms with Gasteiger partial charge in [-0.1, -0.05) is 25.1 Å². The normalized spacial score (nSPS) is 19.0. The van der Waals surface area contributed by atoms with Crippen molar-refractivity contribution in [3.63, 3.8) is 0 Å². The van der Waals surface area contributed by atoms with Gasteiger partial charge in [0, 0.05) is 24.2 Å². The van der Waals surface area contributed by atoms with Crippen molar-refractivity contribution in [2.75, 3.05) is 11.4 Å². The molecule has 3 rings (SSSR count). The van der Waals surface area contributed by atoms with E-state index in [1.165, 1.54) is 19.3 Å². The zero-order chi connectivity index (χ0) is 13.9. The Morgan fingerprint density at radius 1 is 1.35 bits per heavy atom. The number of piperidine rings is 1. The van der Waals surface area contributed by atoms with Crippen LogP contribution in [0.1, 0.15) is 38.2 Å². The first kappa shape index (κ1) is 12.9. The van der Waals surface area contributed by atoms with Crippen LogP contribution in [0.3, 0.4) is 0 Å². The van der Waals surface area contributed by atoms with Crippen LogP contribution in [0.2, 0.25) is 0 Å². The molecule has 102 valence electrons. The molecule has 1 aliphatic rings. The van der Waals surface area contributed by atoms with E-state index < -0.39 is 0 Å². The molecular formula is C17H19N3. The molecule has 3 nitrogen and oxygen atoms in total. The number of benzene rings is 1. The number of nitriles is 1. The van der Waals surface area contributed by atoms with Gasteiger partial charge in [-0.3, -0.25) is 4.98 Å². The number of fused-ring (bicyclic) bond motifs is 1. The summed E-state index contributed by atoms with van der Waals surface area (Å²) in [5, 5.41) is 10.6. The minimum Gasteiger partial charge on any atom is -0.367 e. The van der Waals surface area contributed by atoms with Gasteiger partial charge in [-0.25, -0.2) is 0 Å². The van der Waals surface area contributed by atoms with Crippen LogP contribution in [-0.4, -0.2) is 17.6 Å². The van der Waals surface area contributed by atoms with Gasteiger partial charge in [0.25, 0.3) is 0 Å². The second kappa shape index (κ2) is 5.50. The molecule has 0 saturated carbocycles. The van der Waals surface area contributed by atoms with Gasteiger partial charge >= 0.3 is 0 Å². The lowest BCUT2D eigenvalue weighted by Gasteiger charge is -2.38. The highest BCUT2D eigenvalue weighted by Crippen LogP contribution is 2.34. The van der Waals surface area contributed by atoms with Crippen molar-refractivity contribution >= 4 is 16.6 Å². The second-order valence-corrected chi connectivity index (χ2v) is 5.40. The predicted octanol–water partition coefficient (Wildman–Crippen LogP) is 3.88. The topological polar surface area (TPSA) is 39.9 Å². The largest absolute Gasteiger partial charge is 0.367 e. The first-order chi connectivity index (χ1) is 9.85. The number of nitrogens with zero attached hydrogens (tertiary/aromatic N) is 3. The Balaban J connectivity index is 2.20. The molecule has 1 atom stereocenters. The first-order valence-corrected chi connectivity index (χ1v) is 7.39. The van der Waals surface area contributed by atoms with Crippen LogP contribution in [0, 0.1) is 11.3 Å². The van der Waals surface area contributed by atoms with Crippen LogP contribution in [0.5, 0.6) is 0 Å². The summed E-state index contributed by atoms with van der Waals surface area (Å²) in [7, 11) is 0. The number of rotatable bonds is 2. The third kappa shape index (κ3) is 2.12. The quantitative estimate of drug-likeness (QED) is 0.827. The molecule has 1 saturated heterocycles. The van der Waals surface area contributed by atoms with E-state index in [0.29, 0.717) is 11.6 Å². The molecule has 0 amide bonds. The molecule has 2 heterocycles. The predicted molar refractivity (Wildman–Crippen MR) is 81.7 cm³/mol. The summed E-state index contributed by atoms with van der Waals surface area (Å²) in [6, 6.07) is 11.0. The summed E-state index contributed by atoms with van der Waals surface area (Å²) in [5.41, 5.74) is 2.76. The third-order valence-corrected chi connectivity index (χ3v) is 4.25. The van der Waals surface area contributed by atoms with Crippen LogP contribution in [0.4, 0.5) is 5.69 Å². The molecule has 0 bridgehead atoms.